The van der Waals surface area contributed by atoms with Gasteiger partial charge < -0.3 is 4.74 Å². The Hall–Kier alpha value is -2.50. The number of aromatic nitrogens is 2. The molecule has 0 spiro atoms. The van der Waals surface area contributed by atoms with Gasteiger partial charge in [0, 0.05) is 18.8 Å². The fourth-order valence-corrected chi connectivity index (χ4v) is 3.87. The van der Waals surface area contributed by atoms with Crippen LogP contribution in [0.5, 0.6) is 5.88 Å². The van der Waals surface area contributed by atoms with Gasteiger partial charge in [-0.2, -0.15) is 9.57 Å². The lowest BCUT2D eigenvalue weighted by molar-refractivity contribution is 0.206. The minimum Gasteiger partial charge on any atom is -0.473 e. The number of hydrogen-bond acceptors (Lipinski definition) is 6. The molecule has 0 saturated carbocycles. The van der Waals surface area contributed by atoms with E-state index in [1.54, 1.807) is 12.3 Å². The molecule has 3 rings (SSSR count). The monoisotopic (exact) mass is 330 g/mol. The zero-order valence-corrected chi connectivity index (χ0v) is 13.0. The summed E-state index contributed by atoms with van der Waals surface area (Å²) >= 11 is 0. The first-order valence-electron chi connectivity index (χ1n) is 7.02. The molecule has 1 aromatic carbocycles. The van der Waals surface area contributed by atoms with E-state index in [1.165, 1.54) is 34.9 Å². The molecule has 1 fully saturated rings. The maximum Gasteiger partial charge on any atom is 0.243 e. The molecule has 0 bridgehead atoms. The highest BCUT2D eigenvalue weighted by Crippen LogP contribution is 2.23. The minimum absolute atomic E-state index is 0.180. The number of sulfonamides is 1. The molecule has 8 heteroatoms. The third kappa shape index (κ3) is 3.31. The molecule has 1 saturated heterocycles. The molecule has 2 heterocycles. The minimum atomic E-state index is -3.58. The summed E-state index contributed by atoms with van der Waals surface area (Å²) in [7, 11) is -3.58. The van der Waals surface area contributed by atoms with E-state index < -0.39 is 10.0 Å². The topological polar surface area (TPSA) is 96.2 Å². The molecule has 0 radical (unpaired) electrons. The van der Waals surface area contributed by atoms with Crippen LogP contribution in [0.4, 0.5) is 0 Å². The van der Waals surface area contributed by atoms with Crippen molar-refractivity contribution in [3.8, 4) is 11.9 Å². The summed E-state index contributed by atoms with van der Waals surface area (Å²) in [6, 6.07) is 9.50. The average Bonchev–Trinajstić information content (AvgIpc) is 3.05. The van der Waals surface area contributed by atoms with Gasteiger partial charge >= 0.3 is 0 Å². The number of benzene rings is 1. The lowest BCUT2D eigenvalue weighted by Crippen LogP contribution is -2.31. The molecule has 1 aromatic heterocycles. The van der Waals surface area contributed by atoms with Gasteiger partial charge in [0.15, 0.2) is 0 Å². The Morgan fingerprint density at radius 2 is 2.04 bits per heavy atom. The molecule has 23 heavy (non-hydrogen) atoms. The van der Waals surface area contributed by atoms with Crippen molar-refractivity contribution >= 4 is 10.0 Å². The van der Waals surface area contributed by atoms with Crippen LogP contribution in [0, 0.1) is 11.3 Å². The number of nitriles is 1. The predicted molar refractivity (Wildman–Crippen MR) is 81.0 cm³/mol. The van der Waals surface area contributed by atoms with Crippen molar-refractivity contribution in [2.75, 3.05) is 13.1 Å². The first-order chi connectivity index (χ1) is 11.1. The number of nitrogens with zero attached hydrogens (tertiary/aromatic N) is 4. The van der Waals surface area contributed by atoms with Gasteiger partial charge in [-0.05, 0) is 30.7 Å². The van der Waals surface area contributed by atoms with Crippen LogP contribution in [0.15, 0.2) is 47.8 Å². The van der Waals surface area contributed by atoms with Crippen LogP contribution in [0.1, 0.15) is 12.0 Å². The largest absolute Gasteiger partial charge is 0.473 e. The van der Waals surface area contributed by atoms with Crippen LogP contribution in [0.2, 0.25) is 0 Å². The maximum atomic E-state index is 12.6. The summed E-state index contributed by atoms with van der Waals surface area (Å²) in [4.78, 5) is 7.96. The molecule has 0 amide bonds. The summed E-state index contributed by atoms with van der Waals surface area (Å²) in [5.74, 6) is 0.433. The summed E-state index contributed by atoms with van der Waals surface area (Å²) < 4.78 is 32.2. The molecule has 118 valence electrons. The Kier molecular flexibility index (Phi) is 4.23. The van der Waals surface area contributed by atoms with Crippen molar-refractivity contribution < 1.29 is 13.2 Å². The highest BCUT2D eigenvalue weighted by Gasteiger charge is 2.33. The van der Waals surface area contributed by atoms with E-state index >= 15 is 0 Å². The Balaban J connectivity index is 1.71. The van der Waals surface area contributed by atoms with Crippen LogP contribution in [-0.4, -0.2) is 41.9 Å². The molecule has 0 aliphatic carbocycles. The Morgan fingerprint density at radius 3 is 2.70 bits per heavy atom. The van der Waals surface area contributed by atoms with Gasteiger partial charge in [0.1, 0.15) is 12.4 Å². The van der Waals surface area contributed by atoms with E-state index in [2.05, 4.69) is 9.97 Å². The Bertz CT molecular complexity index is 816. The van der Waals surface area contributed by atoms with Gasteiger partial charge in [-0.15, -0.1) is 0 Å². The van der Waals surface area contributed by atoms with Crippen LogP contribution in [-0.2, 0) is 10.0 Å². The van der Waals surface area contributed by atoms with E-state index in [4.69, 9.17) is 10.00 Å². The van der Waals surface area contributed by atoms with Gasteiger partial charge in [0.2, 0.25) is 15.9 Å². The van der Waals surface area contributed by atoms with Gasteiger partial charge in [-0.3, -0.25) is 0 Å². The predicted octanol–water partition coefficient (Wildman–Crippen LogP) is 1.19. The summed E-state index contributed by atoms with van der Waals surface area (Å²) in [6.45, 7) is 0.657. The Morgan fingerprint density at radius 1 is 1.26 bits per heavy atom. The second-order valence-electron chi connectivity index (χ2n) is 5.08. The van der Waals surface area contributed by atoms with Crippen molar-refractivity contribution in [1.29, 1.82) is 5.26 Å². The average molecular weight is 330 g/mol. The van der Waals surface area contributed by atoms with Gasteiger partial charge in [-0.25, -0.2) is 18.4 Å². The fourth-order valence-electron chi connectivity index (χ4n) is 2.38. The molecule has 2 aromatic rings. The normalized spacial score (nSPS) is 18.5. The van der Waals surface area contributed by atoms with E-state index in [-0.39, 0.29) is 17.5 Å². The van der Waals surface area contributed by atoms with Gasteiger partial charge in [0.25, 0.3) is 0 Å². The molecule has 0 unspecified atom stereocenters. The van der Waals surface area contributed by atoms with Gasteiger partial charge in [0.05, 0.1) is 23.1 Å². The standard InChI is InChI=1S/C15H14N4O3S/c16-9-12-1-3-14(4-2-12)23(20,21)19-8-6-13(10-19)22-15-5-7-17-11-18-15/h1-5,7,11,13H,6,8,10H2/t13-/m0/s1. The third-order valence-corrected chi connectivity index (χ3v) is 5.45. The first-order valence-corrected chi connectivity index (χ1v) is 8.46. The molecule has 1 aliphatic heterocycles. The smallest absolute Gasteiger partial charge is 0.243 e. The summed E-state index contributed by atoms with van der Waals surface area (Å²) in [6.07, 6.45) is 3.32. The number of hydrogen-bond donors (Lipinski definition) is 0. The first kappa shape index (κ1) is 15.4. The van der Waals surface area contributed by atoms with Crippen molar-refractivity contribution in [1.82, 2.24) is 14.3 Å². The molecular weight excluding hydrogens is 316 g/mol. The van der Waals surface area contributed by atoms with E-state index in [0.717, 1.165) is 0 Å². The number of rotatable bonds is 4. The second-order valence-corrected chi connectivity index (χ2v) is 7.01. The third-order valence-electron chi connectivity index (χ3n) is 3.57. The van der Waals surface area contributed by atoms with E-state index in [1.807, 2.05) is 6.07 Å². The zero-order valence-electron chi connectivity index (χ0n) is 12.2. The molecule has 7 nitrogen and oxygen atoms in total. The van der Waals surface area contributed by atoms with Crippen LogP contribution < -0.4 is 4.74 Å². The summed E-state index contributed by atoms with van der Waals surface area (Å²) in [5, 5.41) is 8.78. The fraction of sp³-hybridized carbons (Fsp3) is 0.267. The second kappa shape index (κ2) is 6.32. The SMILES string of the molecule is N#Cc1ccc(S(=O)(=O)N2CC[C@H](Oc3ccncn3)C2)cc1. The lowest BCUT2D eigenvalue weighted by Gasteiger charge is -2.17. The highest BCUT2D eigenvalue weighted by atomic mass is 32.2. The molecule has 1 atom stereocenters. The lowest BCUT2D eigenvalue weighted by atomic mass is 10.2. The van der Waals surface area contributed by atoms with Crippen LogP contribution >= 0.6 is 0 Å². The van der Waals surface area contributed by atoms with Crippen LogP contribution in [0.25, 0.3) is 0 Å². The van der Waals surface area contributed by atoms with Crippen molar-refractivity contribution in [3.63, 3.8) is 0 Å². The highest BCUT2D eigenvalue weighted by molar-refractivity contribution is 7.89. The van der Waals surface area contributed by atoms with Crippen molar-refractivity contribution in [2.24, 2.45) is 0 Å². The van der Waals surface area contributed by atoms with Crippen molar-refractivity contribution in [3.05, 3.63) is 48.4 Å². The van der Waals surface area contributed by atoms with E-state index in [9.17, 15) is 8.42 Å². The molecular formula is C15H14N4O3S. The maximum absolute atomic E-state index is 12.6. The van der Waals surface area contributed by atoms with E-state index in [0.29, 0.717) is 24.4 Å². The molecule has 0 N–H and O–H groups in total. The van der Waals surface area contributed by atoms with Crippen LogP contribution in [0.3, 0.4) is 0 Å². The van der Waals surface area contributed by atoms with Crippen molar-refractivity contribution in [2.45, 2.75) is 17.4 Å². The molecule has 1 aliphatic rings. The quantitative estimate of drug-likeness (QED) is 0.835. The van der Waals surface area contributed by atoms with Gasteiger partial charge in [-0.1, -0.05) is 0 Å². The zero-order chi connectivity index (χ0) is 16.3. The summed E-state index contributed by atoms with van der Waals surface area (Å²) in [5.41, 5.74) is 0.426. The number of ether oxygens (including phenoxy) is 1. The Labute approximate surface area is 134 Å².